The molecule has 2 heterocycles. The first-order chi connectivity index (χ1) is 15.1. The lowest BCUT2D eigenvalue weighted by atomic mass is 10.1. The third kappa shape index (κ3) is 5.53. The average Bonchev–Trinajstić information content (AvgIpc) is 3.34. The van der Waals surface area contributed by atoms with E-state index in [1.807, 2.05) is 37.3 Å². The van der Waals surface area contributed by atoms with E-state index in [4.69, 9.17) is 21.1 Å². The normalized spacial score (nSPS) is 15.6. The fraction of sp³-hybridized carbons (Fsp3) is 0.360. The predicted octanol–water partition coefficient (Wildman–Crippen LogP) is 6.05. The molecule has 0 bridgehead atoms. The quantitative estimate of drug-likeness (QED) is 0.412. The molecule has 31 heavy (non-hydrogen) atoms. The van der Waals surface area contributed by atoms with Crippen LogP contribution in [-0.2, 0) is 0 Å². The van der Waals surface area contributed by atoms with Gasteiger partial charge in [-0.05, 0) is 54.3 Å². The maximum Gasteiger partial charge on any atom is 0.142 e. The third-order valence-electron chi connectivity index (χ3n) is 5.77. The second-order valence-corrected chi connectivity index (χ2v) is 9.21. The average molecular weight is 457 g/mol. The van der Waals surface area contributed by atoms with Gasteiger partial charge in [-0.1, -0.05) is 29.8 Å². The number of rotatable bonds is 8. The molecule has 1 aliphatic rings. The molecule has 4 nitrogen and oxygen atoms in total. The summed E-state index contributed by atoms with van der Waals surface area (Å²) in [6.45, 7) is 7.10. The minimum atomic E-state index is 0.0489. The molecule has 1 fully saturated rings. The summed E-state index contributed by atoms with van der Waals surface area (Å²) in [5.41, 5.74) is 2.22. The highest BCUT2D eigenvalue weighted by Gasteiger charge is 2.22. The number of nitrogens with zero attached hydrogens (tertiary/aromatic N) is 2. The summed E-state index contributed by atoms with van der Waals surface area (Å²) >= 11 is 7.94. The summed E-state index contributed by atoms with van der Waals surface area (Å²) in [7, 11) is 1.74. The first-order valence-corrected chi connectivity index (χ1v) is 12.0. The maximum absolute atomic E-state index is 6.40. The molecule has 1 atom stereocenters. The number of benzene rings is 2. The number of para-hydroxylation sites is 2. The van der Waals surface area contributed by atoms with E-state index in [2.05, 4.69) is 39.4 Å². The van der Waals surface area contributed by atoms with Crippen LogP contribution < -0.4 is 14.4 Å². The molecule has 1 aromatic heterocycles. The van der Waals surface area contributed by atoms with Gasteiger partial charge in [-0.3, -0.25) is 4.90 Å². The van der Waals surface area contributed by atoms with Gasteiger partial charge in [0.05, 0.1) is 12.8 Å². The van der Waals surface area contributed by atoms with Crippen molar-refractivity contribution in [2.75, 3.05) is 44.7 Å². The van der Waals surface area contributed by atoms with E-state index in [1.54, 1.807) is 18.4 Å². The Balaban J connectivity index is 1.35. The Hall–Kier alpha value is -2.21. The smallest absolute Gasteiger partial charge is 0.142 e. The molecule has 0 saturated carbocycles. The molecule has 1 saturated heterocycles. The van der Waals surface area contributed by atoms with Crippen molar-refractivity contribution in [2.24, 2.45) is 0 Å². The lowest BCUT2D eigenvalue weighted by Gasteiger charge is -2.37. The van der Waals surface area contributed by atoms with Gasteiger partial charge in [-0.25, -0.2) is 0 Å². The number of ether oxygens (including phenoxy) is 2. The van der Waals surface area contributed by atoms with E-state index in [1.165, 1.54) is 10.6 Å². The number of methoxy groups -OCH3 is 1. The van der Waals surface area contributed by atoms with Gasteiger partial charge in [0.25, 0.3) is 0 Å². The van der Waals surface area contributed by atoms with Gasteiger partial charge < -0.3 is 14.4 Å². The van der Waals surface area contributed by atoms with Crippen LogP contribution in [0.2, 0.25) is 5.02 Å². The molecule has 0 radical (unpaired) electrons. The highest BCUT2D eigenvalue weighted by Crippen LogP contribution is 2.31. The molecule has 4 rings (SSSR count). The minimum Gasteiger partial charge on any atom is -0.495 e. The van der Waals surface area contributed by atoms with Crippen molar-refractivity contribution in [1.82, 2.24) is 4.90 Å². The van der Waals surface area contributed by atoms with E-state index in [0.29, 0.717) is 0 Å². The van der Waals surface area contributed by atoms with E-state index in [-0.39, 0.29) is 6.10 Å². The molecule has 3 aromatic rings. The Kier molecular flexibility index (Phi) is 7.38. The predicted molar refractivity (Wildman–Crippen MR) is 130 cm³/mol. The molecule has 6 heteroatoms. The monoisotopic (exact) mass is 456 g/mol. The fourth-order valence-corrected chi connectivity index (χ4v) is 4.90. The number of aryl methyl sites for hydroxylation is 1. The van der Waals surface area contributed by atoms with Gasteiger partial charge in [-0.2, -0.15) is 0 Å². The second kappa shape index (κ2) is 10.4. The first-order valence-electron chi connectivity index (χ1n) is 10.7. The summed E-state index contributed by atoms with van der Waals surface area (Å²) in [4.78, 5) is 6.21. The fourth-order valence-electron chi connectivity index (χ4n) is 3.99. The molecule has 164 valence electrons. The largest absolute Gasteiger partial charge is 0.495 e. The number of hydrogen-bond acceptors (Lipinski definition) is 5. The Morgan fingerprint density at radius 2 is 1.84 bits per heavy atom. The molecule has 0 amide bonds. The zero-order chi connectivity index (χ0) is 21.6. The molecule has 2 aromatic carbocycles. The van der Waals surface area contributed by atoms with E-state index in [0.717, 1.165) is 61.2 Å². The topological polar surface area (TPSA) is 24.9 Å². The summed E-state index contributed by atoms with van der Waals surface area (Å²) in [6, 6.07) is 18.4. The Bertz CT molecular complexity index is 971. The number of thiophene rings is 1. The zero-order valence-corrected chi connectivity index (χ0v) is 19.7. The van der Waals surface area contributed by atoms with Crippen LogP contribution in [0.4, 0.5) is 5.69 Å². The van der Waals surface area contributed by atoms with E-state index in [9.17, 15) is 0 Å². The molecule has 0 N–H and O–H groups in total. The van der Waals surface area contributed by atoms with Crippen LogP contribution in [-0.4, -0.2) is 44.7 Å². The van der Waals surface area contributed by atoms with Crippen LogP contribution in [0.5, 0.6) is 11.5 Å². The van der Waals surface area contributed by atoms with Gasteiger partial charge in [0.15, 0.2) is 0 Å². The highest BCUT2D eigenvalue weighted by atomic mass is 35.5. The van der Waals surface area contributed by atoms with Crippen LogP contribution in [0.1, 0.15) is 23.0 Å². The van der Waals surface area contributed by atoms with Crippen molar-refractivity contribution < 1.29 is 9.47 Å². The van der Waals surface area contributed by atoms with Gasteiger partial charge in [-0.15, -0.1) is 11.3 Å². The second-order valence-electron chi connectivity index (χ2n) is 7.82. The van der Waals surface area contributed by atoms with Crippen molar-refractivity contribution in [3.8, 4) is 11.5 Å². The van der Waals surface area contributed by atoms with E-state index >= 15 is 0 Å². The van der Waals surface area contributed by atoms with E-state index < -0.39 is 0 Å². The lowest BCUT2D eigenvalue weighted by Crippen LogP contribution is -2.47. The first kappa shape index (κ1) is 22.0. The SMILES string of the molecule is COc1ccccc1N1CCN(CC[C@@H](Oc2ccc(Cl)c(C)c2)c2cccs2)CC1. The molecular weight excluding hydrogens is 428 g/mol. The van der Waals surface area contributed by atoms with Crippen molar-refractivity contribution in [3.05, 3.63) is 75.4 Å². The number of piperazine rings is 1. The number of halogens is 1. The van der Waals surface area contributed by atoms with Crippen molar-refractivity contribution in [2.45, 2.75) is 19.4 Å². The molecule has 0 aliphatic carbocycles. The number of hydrogen-bond donors (Lipinski definition) is 0. The van der Waals surface area contributed by atoms with Crippen LogP contribution >= 0.6 is 22.9 Å². The Labute approximate surface area is 194 Å². The summed E-state index contributed by atoms with van der Waals surface area (Å²) in [6.07, 6.45) is 1.00. The van der Waals surface area contributed by atoms with Crippen LogP contribution in [0.3, 0.4) is 0 Å². The number of anilines is 1. The summed E-state index contributed by atoms with van der Waals surface area (Å²) < 4.78 is 11.9. The highest BCUT2D eigenvalue weighted by molar-refractivity contribution is 7.10. The molecule has 0 unspecified atom stereocenters. The standard InChI is InChI=1S/C25H29ClN2O2S/c1-19-18-20(9-10-21(19)26)30-24(25-8-5-17-31-25)11-12-27-13-15-28(16-14-27)22-6-3-4-7-23(22)29-2/h3-10,17-18,24H,11-16H2,1-2H3/t24-/m1/s1. The van der Waals surface area contributed by atoms with Crippen LogP contribution in [0, 0.1) is 6.92 Å². The maximum atomic E-state index is 6.40. The van der Waals surface area contributed by atoms with Gasteiger partial charge in [0.1, 0.15) is 17.6 Å². The summed E-state index contributed by atoms with van der Waals surface area (Å²) in [5, 5.41) is 2.89. The molecular formula is C25H29ClN2O2S. The third-order valence-corrected chi connectivity index (χ3v) is 7.16. The van der Waals surface area contributed by atoms with Crippen molar-refractivity contribution >= 4 is 28.6 Å². The molecule has 1 aliphatic heterocycles. The Morgan fingerprint density at radius 1 is 1.03 bits per heavy atom. The van der Waals surface area contributed by atoms with Gasteiger partial charge >= 0.3 is 0 Å². The van der Waals surface area contributed by atoms with Gasteiger partial charge in [0, 0.05) is 49.0 Å². The van der Waals surface area contributed by atoms with Crippen LogP contribution in [0.15, 0.2) is 60.0 Å². The minimum absolute atomic E-state index is 0.0489. The Morgan fingerprint density at radius 3 is 2.55 bits per heavy atom. The zero-order valence-electron chi connectivity index (χ0n) is 18.1. The van der Waals surface area contributed by atoms with Crippen LogP contribution in [0.25, 0.3) is 0 Å². The van der Waals surface area contributed by atoms with Crippen molar-refractivity contribution in [1.29, 1.82) is 0 Å². The summed E-state index contributed by atoms with van der Waals surface area (Å²) in [5.74, 6) is 1.82. The van der Waals surface area contributed by atoms with Gasteiger partial charge in [0.2, 0.25) is 0 Å². The lowest BCUT2D eigenvalue weighted by molar-refractivity contribution is 0.162. The molecule has 0 spiro atoms. The van der Waals surface area contributed by atoms with Crippen molar-refractivity contribution in [3.63, 3.8) is 0 Å².